The fourth-order valence-electron chi connectivity index (χ4n) is 1.88. The van der Waals surface area contributed by atoms with Gasteiger partial charge in [-0.3, -0.25) is 9.48 Å². The molecule has 0 aliphatic carbocycles. The molecular weight excluding hydrogens is 258 g/mol. The van der Waals surface area contributed by atoms with Crippen LogP contribution in [0, 0.1) is 0 Å². The SMILES string of the molecule is COc1ccc(C(=O)NCCc2ccnn2C)cc1O. The number of phenolic OH excluding ortho intramolecular Hbond substituents is 1. The molecule has 0 bridgehead atoms. The number of benzene rings is 1. The van der Waals surface area contributed by atoms with Crippen molar-refractivity contribution in [2.75, 3.05) is 13.7 Å². The molecule has 0 unspecified atom stereocenters. The van der Waals surface area contributed by atoms with Crippen molar-refractivity contribution in [1.29, 1.82) is 0 Å². The van der Waals surface area contributed by atoms with Gasteiger partial charge in [-0.15, -0.1) is 0 Å². The van der Waals surface area contributed by atoms with E-state index in [1.165, 1.54) is 13.2 Å². The number of nitrogens with one attached hydrogen (secondary N) is 1. The van der Waals surface area contributed by atoms with E-state index >= 15 is 0 Å². The second-order valence-electron chi connectivity index (χ2n) is 4.34. The molecule has 0 fully saturated rings. The molecular formula is C14H17N3O3. The number of hydrogen-bond donors (Lipinski definition) is 2. The monoisotopic (exact) mass is 275 g/mol. The first kappa shape index (κ1) is 13.9. The Bertz CT molecular complexity index is 607. The van der Waals surface area contributed by atoms with Crippen LogP contribution in [-0.4, -0.2) is 34.4 Å². The molecule has 1 aromatic carbocycles. The quantitative estimate of drug-likeness (QED) is 0.857. The van der Waals surface area contributed by atoms with Crippen LogP contribution in [0.25, 0.3) is 0 Å². The maximum absolute atomic E-state index is 11.9. The van der Waals surface area contributed by atoms with Gasteiger partial charge in [0.25, 0.3) is 5.91 Å². The summed E-state index contributed by atoms with van der Waals surface area (Å²) in [6.07, 6.45) is 2.42. The highest BCUT2D eigenvalue weighted by atomic mass is 16.5. The van der Waals surface area contributed by atoms with Crippen LogP contribution in [0.1, 0.15) is 16.1 Å². The first-order valence-electron chi connectivity index (χ1n) is 6.24. The smallest absolute Gasteiger partial charge is 0.251 e. The second kappa shape index (κ2) is 6.10. The third kappa shape index (κ3) is 3.09. The van der Waals surface area contributed by atoms with Crippen LogP contribution >= 0.6 is 0 Å². The normalized spacial score (nSPS) is 10.3. The molecule has 0 atom stereocenters. The Morgan fingerprint density at radius 3 is 2.85 bits per heavy atom. The summed E-state index contributed by atoms with van der Waals surface area (Å²) < 4.78 is 6.70. The van der Waals surface area contributed by atoms with Gasteiger partial charge in [0.15, 0.2) is 11.5 Å². The number of phenols is 1. The lowest BCUT2D eigenvalue weighted by Crippen LogP contribution is -2.26. The highest BCUT2D eigenvalue weighted by Crippen LogP contribution is 2.25. The number of carbonyl (C=O) groups is 1. The van der Waals surface area contributed by atoms with Crippen molar-refractivity contribution in [3.05, 3.63) is 41.7 Å². The standard InChI is InChI=1S/C14H17N3O3/c1-17-11(6-8-16-17)5-7-15-14(19)10-3-4-13(20-2)12(18)9-10/h3-4,6,8-9,18H,5,7H2,1-2H3,(H,15,19). The number of aromatic hydroxyl groups is 1. The summed E-state index contributed by atoms with van der Waals surface area (Å²) in [7, 11) is 3.32. The zero-order valence-electron chi connectivity index (χ0n) is 11.5. The van der Waals surface area contributed by atoms with Gasteiger partial charge in [-0.05, 0) is 24.3 Å². The maximum atomic E-state index is 11.9. The van der Waals surface area contributed by atoms with Gasteiger partial charge in [0.05, 0.1) is 7.11 Å². The summed E-state index contributed by atoms with van der Waals surface area (Å²) in [4.78, 5) is 11.9. The van der Waals surface area contributed by atoms with E-state index in [9.17, 15) is 9.90 Å². The van der Waals surface area contributed by atoms with Crippen molar-refractivity contribution in [1.82, 2.24) is 15.1 Å². The number of hydrogen-bond acceptors (Lipinski definition) is 4. The number of amides is 1. The van der Waals surface area contributed by atoms with Crippen LogP contribution in [0.2, 0.25) is 0 Å². The van der Waals surface area contributed by atoms with Gasteiger partial charge in [-0.2, -0.15) is 5.10 Å². The summed E-state index contributed by atoms with van der Waals surface area (Å²) in [6, 6.07) is 6.47. The highest BCUT2D eigenvalue weighted by Gasteiger charge is 2.09. The molecule has 106 valence electrons. The van der Waals surface area contributed by atoms with Crippen LogP contribution in [-0.2, 0) is 13.5 Å². The average molecular weight is 275 g/mol. The molecule has 0 aliphatic rings. The topological polar surface area (TPSA) is 76.4 Å². The fraction of sp³-hybridized carbons (Fsp3) is 0.286. The lowest BCUT2D eigenvalue weighted by atomic mass is 10.2. The number of methoxy groups -OCH3 is 1. The van der Waals surface area contributed by atoms with Crippen LogP contribution in [0.4, 0.5) is 0 Å². The second-order valence-corrected chi connectivity index (χ2v) is 4.34. The van der Waals surface area contributed by atoms with Crippen LogP contribution in [0.15, 0.2) is 30.5 Å². The van der Waals surface area contributed by atoms with Crippen LogP contribution < -0.4 is 10.1 Å². The Morgan fingerprint density at radius 2 is 2.25 bits per heavy atom. The lowest BCUT2D eigenvalue weighted by molar-refractivity contribution is 0.0953. The number of nitrogens with zero attached hydrogens (tertiary/aromatic N) is 2. The minimum Gasteiger partial charge on any atom is -0.504 e. The Morgan fingerprint density at radius 1 is 1.45 bits per heavy atom. The number of rotatable bonds is 5. The van der Waals surface area contributed by atoms with Crippen molar-refractivity contribution >= 4 is 5.91 Å². The van der Waals surface area contributed by atoms with Gasteiger partial charge in [-0.25, -0.2) is 0 Å². The van der Waals surface area contributed by atoms with E-state index in [0.717, 1.165) is 5.69 Å². The Hall–Kier alpha value is -2.50. The van der Waals surface area contributed by atoms with Crippen LogP contribution in [0.3, 0.4) is 0 Å². The van der Waals surface area contributed by atoms with Crippen molar-refractivity contribution < 1.29 is 14.6 Å². The van der Waals surface area contributed by atoms with Gasteiger partial charge in [0.2, 0.25) is 0 Å². The van der Waals surface area contributed by atoms with Crippen LogP contribution in [0.5, 0.6) is 11.5 Å². The molecule has 1 amide bonds. The zero-order valence-corrected chi connectivity index (χ0v) is 11.5. The first-order valence-corrected chi connectivity index (χ1v) is 6.24. The van der Waals surface area contributed by atoms with E-state index in [-0.39, 0.29) is 11.7 Å². The van der Waals surface area contributed by atoms with Gasteiger partial charge >= 0.3 is 0 Å². The molecule has 0 saturated carbocycles. The molecule has 0 radical (unpaired) electrons. The van der Waals surface area contributed by atoms with E-state index in [1.54, 1.807) is 23.0 Å². The van der Waals surface area contributed by atoms with E-state index in [0.29, 0.717) is 24.3 Å². The highest BCUT2D eigenvalue weighted by molar-refractivity contribution is 5.94. The Kier molecular flexibility index (Phi) is 4.24. The molecule has 0 aliphatic heterocycles. The number of aryl methyl sites for hydroxylation is 1. The lowest BCUT2D eigenvalue weighted by Gasteiger charge is -2.08. The van der Waals surface area contributed by atoms with Gasteiger partial charge in [-0.1, -0.05) is 0 Å². The van der Waals surface area contributed by atoms with Crippen molar-refractivity contribution in [2.24, 2.45) is 7.05 Å². The minimum atomic E-state index is -0.231. The van der Waals surface area contributed by atoms with E-state index in [2.05, 4.69) is 10.4 Å². The molecule has 0 saturated heterocycles. The largest absolute Gasteiger partial charge is 0.504 e. The molecule has 0 spiro atoms. The fourth-order valence-corrected chi connectivity index (χ4v) is 1.88. The van der Waals surface area contributed by atoms with Gasteiger partial charge in [0.1, 0.15) is 0 Å². The molecule has 2 N–H and O–H groups in total. The minimum absolute atomic E-state index is 0.0493. The average Bonchev–Trinajstić information content (AvgIpc) is 2.84. The molecule has 1 heterocycles. The summed E-state index contributed by atoms with van der Waals surface area (Å²) >= 11 is 0. The summed E-state index contributed by atoms with van der Waals surface area (Å²) in [5.41, 5.74) is 1.44. The van der Waals surface area contributed by atoms with E-state index in [4.69, 9.17) is 4.74 Å². The predicted octanol–water partition coefficient (Wildman–Crippen LogP) is 1.11. The van der Waals surface area contributed by atoms with Crippen molar-refractivity contribution in [2.45, 2.75) is 6.42 Å². The van der Waals surface area contributed by atoms with Crippen molar-refractivity contribution in [3.8, 4) is 11.5 Å². The van der Waals surface area contributed by atoms with Gasteiger partial charge in [0, 0.05) is 37.5 Å². The summed E-state index contributed by atoms with van der Waals surface area (Å²) in [5.74, 6) is 0.0633. The number of ether oxygens (including phenoxy) is 1. The van der Waals surface area contributed by atoms with Gasteiger partial charge < -0.3 is 15.2 Å². The van der Waals surface area contributed by atoms with E-state index < -0.39 is 0 Å². The van der Waals surface area contributed by atoms with E-state index in [1.807, 2.05) is 13.1 Å². The third-order valence-corrected chi connectivity index (χ3v) is 3.03. The molecule has 1 aromatic heterocycles. The first-order chi connectivity index (χ1) is 9.61. The number of aromatic nitrogens is 2. The maximum Gasteiger partial charge on any atom is 0.251 e. The summed E-state index contributed by atoms with van der Waals surface area (Å²) in [5, 5.41) is 16.5. The zero-order chi connectivity index (χ0) is 14.5. The Labute approximate surface area is 117 Å². The third-order valence-electron chi connectivity index (χ3n) is 3.03. The number of carbonyl (C=O) groups excluding carboxylic acids is 1. The predicted molar refractivity (Wildman–Crippen MR) is 73.9 cm³/mol. The molecule has 2 aromatic rings. The van der Waals surface area contributed by atoms with Crippen molar-refractivity contribution in [3.63, 3.8) is 0 Å². The molecule has 2 rings (SSSR count). The molecule has 6 nitrogen and oxygen atoms in total. The molecule has 6 heteroatoms. The Balaban J connectivity index is 1.92. The molecule has 20 heavy (non-hydrogen) atoms. The summed E-state index contributed by atoms with van der Waals surface area (Å²) in [6.45, 7) is 0.505.